The van der Waals surface area contributed by atoms with E-state index in [9.17, 15) is 4.79 Å². The first-order chi connectivity index (χ1) is 6.70. The highest BCUT2D eigenvalue weighted by Crippen LogP contribution is 2.26. The topological polar surface area (TPSA) is 29.1 Å². The predicted octanol–water partition coefficient (Wildman–Crippen LogP) is 2.64. The summed E-state index contributed by atoms with van der Waals surface area (Å²) in [4.78, 5) is 11.5. The summed E-state index contributed by atoms with van der Waals surface area (Å²) in [5.41, 5.74) is 3.31. The number of nitrogens with one attached hydrogen (secondary N) is 1. The Kier molecular flexibility index (Phi) is 2.28. The summed E-state index contributed by atoms with van der Waals surface area (Å²) in [7, 11) is 0. The molecular weight excluding hydrogens is 174 g/mol. The SMILES string of the molecule is CCC(=O)c1ccc2c(c1)CC(C)N2. The molecule has 74 valence electrons. The predicted molar refractivity (Wildman–Crippen MR) is 57.9 cm³/mol. The number of ketones is 1. The average molecular weight is 189 g/mol. The maximum absolute atomic E-state index is 11.5. The first-order valence-corrected chi connectivity index (χ1v) is 5.13. The number of hydrogen-bond acceptors (Lipinski definition) is 2. The molecule has 1 unspecified atom stereocenters. The normalized spacial score (nSPS) is 18.9. The summed E-state index contributed by atoms with van der Waals surface area (Å²) in [5.74, 6) is 0.229. The fourth-order valence-electron chi connectivity index (χ4n) is 1.93. The summed E-state index contributed by atoms with van der Waals surface area (Å²) < 4.78 is 0. The molecule has 0 amide bonds. The number of rotatable bonds is 2. The number of benzene rings is 1. The molecule has 0 bridgehead atoms. The second-order valence-corrected chi connectivity index (χ2v) is 3.90. The summed E-state index contributed by atoms with van der Waals surface area (Å²) in [6.07, 6.45) is 1.61. The average Bonchev–Trinajstić information content (AvgIpc) is 2.55. The molecule has 14 heavy (non-hydrogen) atoms. The van der Waals surface area contributed by atoms with Crippen molar-refractivity contribution in [2.45, 2.75) is 32.7 Å². The highest BCUT2D eigenvalue weighted by molar-refractivity contribution is 5.96. The maximum Gasteiger partial charge on any atom is 0.162 e. The third kappa shape index (κ3) is 1.52. The monoisotopic (exact) mass is 189 g/mol. The molecule has 1 aliphatic heterocycles. The fraction of sp³-hybridized carbons (Fsp3) is 0.417. The van der Waals surface area contributed by atoms with Gasteiger partial charge in [-0.05, 0) is 37.1 Å². The van der Waals surface area contributed by atoms with Gasteiger partial charge in [0.2, 0.25) is 0 Å². The zero-order chi connectivity index (χ0) is 10.1. The first kappa shape index (κ1) is 9.25. The van der Waals surface area contributed by atoms with Crippen molar-refractivity contribution in [2.75, 3.05) is 5.32 Å². The number of fused-ring (bicyclic) bond motifs is 1. The highest BCUT2D eigenvalue weighted by atomic mass is 16.1. The Balaban J connectivity index is 2.33. The number of carbonyl (C=O) groups excluding carboxylic acids is 1. The Morgan fingerprint density at radius 1 is 1.57 bits per heavy atom. The lowest BCUT2D eigenvalue weighted by molar-refractivity contribution is 0.0988. The van der Waals surface area contributed by atoms with Gasteiger partial charge in [-0.3, -0.25) is 4.79 Å². The second kappa shape index (κ2) is 3.45. The van der Waals surface area contributed by atoms with E-state index in [0.29, 0.717) is 12.5 Å². The molecule has 0 saturated carbocycles. The number of carbonyl (C=O) groups is 1. The summed E-state index contributed by atoms with van der Waals surface area (Å²) in [6, 6.07) is 6.45. The van der Waals surface area contributed by atoms with Gasteiger partial charge in [-0.15, -0.1) is 0 Å². The van der Waals surface area contributed by atoms with Gasteiger partial charge >= 0.3 is 0 Å². The van der Waals surface area contributed by atoms with Crippen molar-refractivity contribution in [1.82, 2.24) is 0 Å². The molecule has 2 rings (SSSR count). The molecule has 1 N–H and O–H groups in total. The van der Waals surface area contributed by atoms with Gasteiger partial charge in [0.25, 0.3) is 0 Å². The number of Topliss-reactive ketones (excluding diaryl/α,β-unsaturated/α-hetero) is 1. The zero-order valence-corrected chi connectivity index (χ0v) is 8.63. The van der Waals surface area contributed by atoms with Crippen LogP contribution in [-0.2, 0) is 6.42 Å². The van der Waals surface area contributed by atoms with Crippen molar-refractivity contribution in [1.29, 1.82) is 0 Å². The molecule has 1 atom stereocenters. The summed E-state index contributed by atoms with van der Waals surface area (Å²) >= 11 is 0. The first-order valence-electron chi connectivity index (χ1n) is 5.13. The van der Waals surface area contributed by atoms with Gasteiger partial charge in [-0.1, -0.05) is 6.92 Å². The highest BCUT2D eigenvalue weighted by Gasteiger charge is 2.17. The Bertz CT molecular complexity index is 371. The van der Waals surface area contributed by atoms with Crippen LogP contribution in [0.3, 0.4) is 0 Å². The molecule has 0 aliphatic carbocycles. The minimum absolute atomic E-state index is 0.229. The molecule has 2 heteroatoms. The minimum atomic E-state index is 0.229. The van der Waals surface area contributed by atoms with Crippen LogP contribution in [0.2, 0.25) is 0 Å². The Morgan fingerprint density at radius 3 is 3.07 bits per heavy atom. The van der Waals surface area contributed by atoms with Crippen LogP contribution in [-0.4, -0.2) is 11.8 Å². The van der Waals surface area contributed by atoms with Crippen molar-refractivity contribution in [3.63, 3.8) is 0 Å². The van der Waals surface area contributed by atoms with E-state index in [1.807, 2.05) is 25.1 Å². The lowest BCUT2D eigenvalue weighted by Crippen LogP contribution is -2.08. The molecule has 1 aromatic carbocycles. The van der Waals surface area contributed by atoms with Crippen LogP contribution in [0.15, 0.2) is 18.2 Å². The van der Waals surface area contributed by atoms with Gasteiger partial charge in [-0.25, -0.2) is 0 Å². The van der Waals surface area contributed by atoms with E-state index in [-0.39, 0.29) is 5.78 Å². The van der Waals surface area contributed by atoms with E-state index < -0.39 is 0 Å². The third-order valence-corrected chi connectivity index (χ3v) is 2.68. The van der Waals surface area contributed by atoms with E-state index in [0.717, 1.165) is 12.0 Å². The van der Waals surface area contributed by atoms with Crippen LogP contribution < -0.4 is 5.32 Å². The largest absolute Gasteiger partial charge is 0.382 e. The lowest BCUT2D eigenvalue weighted by Gasteiger charge is -2.02. The van der Waals surface area contributed by atoms with Gasteiger partial charge in [0.05, 0.1) is 0 Å². The van der Waals surface area contributed by atoms with Crippen molar-refractivity contribution < 1.29 is 4.79 Å². The number of hydrogen-bond donors (Lipinski definition) is 1. The second-order valence-electron chi connectivity index (χ2n) is 3.90. The van der Waals surface area contributed by atoms with Gasteiger partial charge in [0.1, 0.15) is 0 Å². The Hall–Kier alpha value is -1.31. The zero-order valence-electron chi connectivity index (χ0n) is 8.63. The van der Waals surface area contributed by atoms with Crippen molar-refractivity contribution in [3.8, 4) is 0 Å². The van der Waals surface area contributed by atoms with E-state index >= 15 is 0 Å². The van der Waals surface area contributed by atoms with E-state index in [1.54, 1.807) is 0 Å². The Labute approximate surface area is 84.3 Å². The van der Waals surface area contributed by atoms with Crippen LogP contribution in [0.1, 0.15) is 36.2 Å². The summed E-state index contributed by atoms with van der Waals surface area (Å²) in [5, 5.41) is 3.37. The van der Waals surface area contributed by atoms with E-state index in [4.69, 9.17) is 0 Å². The quantitative estimate of drug-likeness (QED) is 0.724. The van der Waals surface area contributed by atoms with Crippen molar-refractivity contribution in [2.24, 2.45) is 0 Å². The van der Waals surface area contributed by atoms with Gasteiger partial charge in [-0.2, -0.15) is 0 Å². The number of anilines is 1. The van der Waals surface area contributed by atoms with Gasteiger partial charge in [0.15, 0.2) is 5.78 Å². The van der Waals surface area contributed by atoms with E-state index in [1.165, 1.54) is 11.3 Å². The fourth-order valence-corrected chi connectivity index (χ4v) is 1.93. The van der Waals surface area contributed by atoms with Crippen molar-refractivity contribution >= 4 is 11.5 Å². The molecule has 1 aromatic rings. The molecule has 0 spiro atoms. The standard InChI is InChI=1S/C12H15NO/c1-3-12(14)9-4-5-11-10(7-9)6-8(2)13-11/h4-5,7-8,13H,3,6H2,1-2H3. The molecule has 1 heterocycles. The summed E-state index contributed by atoms with van der Waals surface area (Å²) in [6.45, 7) is 4.05. The minimum Gasteiger partial charge on any atom is -0.382 e. The van der Waals surface area contributed by atoms with Crippen LogP contribution in [0.5, 0.6) is 0 Å². The van der Waals surface area contributed by atoms with Gasteiger partial charge < -0.3 is 5.32 Å². The molecule has 2 nitrogen and oxygen atoms in total. The smallest absolute Gasteiger partial charge is 0.162 e. The third-order valence-electron chi connectivity index (χ3n) is 2.68. The molecule has 1 aliphatic rings. The molecule has 0 aromatic heterocycles. The van der Waals surface area contributed by atoms with E-state index in [2.05, 4.69) is 12.2 Å². The van der Waals surface area contributed by atoms with Crippen molar-refractivity contribution in [3.05, 3.63) is 29.3 Å². The maximum atomic E-state index is 11.5. The van der Waals surface area contributed by atoms with Crippen LogP contribution in [0, 0.1) is 0 Å². The van der Waals surface area contributed by atoms with Gasteiger partial charge in [0, 0.05) is 23.7 Å². The molecular formula is C12H15NO. The van der Waals surface area contributed by atoms with Crippen LogP contribution >= 0.6 is 0 Å². The molecule has 0 radical (unpaired) electrons. The lowest BCUT2D eigenvalue weighted by atomic mass is 10.0. The van der Waals surface area contributed by atoms with Crippen LogP contribution in [0.4, 0.5) is 5.69 Å². The van der Waals surface area contributed by atoms with Crippen LogP contribution in [0.25, 0.3) is 0 Å². The Morgan fingerprint density at radius 2 is 2.36 bits per heavy atom. The molecule has 0 saturated heterocycles. The molecule has 0 fully saturated rings.